The molecule has 0 spiro atoms. The number of amides is 1. The number of esters is 1. The maximum Gasteiger partial charge on any atom is 0.387 e. The molecule has 0 aliphatic heterocycles. The van der Waals surface area contributed by atoms with E-state index in [1.54, 1.807) is 18.2 Å². The second kappa shape index (κ2) is 7.91. The Morgan fingerprint density at radius 2 is 1.89 bits per heavy atom. The van der Waals surface area contributed by atoms with Gasteiger partial charge in [0.15, 0.2) is 17.2 Å². The molecule has 0 unspecified atom stereocenters. The van der Waals surface area contributed by atoms with E-state index in [1.807, 2.05) is 0 Å². The van der Waals surface area contributed by atoms with Crippen LogP contribution in [0.15, 0.2) is 36.4 Å². The van der Waals surface area contributed by atoms with Gasteiger partial charge in [0, 0.05) is 16.6 Å². The van der Waals surface area contributed by atoms with Gasteiger partial charge in [-0.05, 0) is 36.4 Å². The summed E-state index contributed by atoms with van der Waals surface area (Å²) in [5, 5.41) is 9.73. The van der Waals surface area contributed by atoms with E-state index in [4.69, 9.17) is 4.74 Å². The molecule has 2 N–H and O–H groups in total. The van der Waals surface area contributed by atoms with E-state index in [-0.39, 0.29) is 22.8 Å². The topological polar surface area (TPSA) is 103 Å². The Morgan fingerprint density at radius 3 is 2.57 bits per heavy atom. The number of aromatic amines is 1. The molecule has 0 atom stereocenters. The molecular weight excluding hydrogens is 376 g/mol. The smallest absolute Gasteiger partial charge is 0.387 e. The lowest BCUT2D eigenvalue weighted by Crippen LogP contribution is -2.12. The average molecular weight is 391 g/mol. The van der Waals surface area contributed by atoms with Crippen molar-refractivity contribution >= 4 is 28.5 Å². The summed E-state index contributed by atoms with van der Waals surface area (Å²) in [7, 11) is 2.51. The summed E-state index contributed by atoms with van der Waals surface area (Å²) >= 11 is 0. The van der Waals surface area contributed by atoms with Crippen LogP contribution in [-0.2, 0) is 4.74 Å². The highest BCUT2D eigenvalue weighted by molar-refractivity contribution is 6.07. The first-order valence-corrected chi connectivity index (χ1v) is 7.93. The fourth-order valence-electron chi connectivity index (χ4n) is 2.55. The average Bonchev–Trinajstić information content (AvgIpc) is 3.10. The molecule has 0 radical (unpaired) electrons. The lowest BCUT2D eigenvalue weighted by atomic mass is 10.1. The Labute approximate surface area is 157 Å². The van der Waals surface area contributed by atoms with E-state index in [1.165, 1.54) is 32.4 Å². The van der Waals surface area contributed by atoms with Crippen molar-refractivity contribution in [1.82, 2.24) is 10.2 Å². The Bertz CT molecular complexity index is 1040. The van der Waals surface area contributed by atoms with Crippen LogP contribution >= 0.6 is 0 Å². The van der Waals surface area contributed by atoms with E-state index in [0.29, 0.717) is 16.6 Å². The maximum atomic E-state index is 12.5. The zero-order valence-electron chi connectivity index (χ0n) is 14.8. The van der Waals surface area contributed by atoms with Gasteiger partial charge in [0.1, 0.15) is 0 Å². The molecule has 1 aromatic heterocycles. The Hall–Kier alpha value is -3.69. The largest absolute Gasteiger partial charge is 0.493 e. The molecular formula is C18H15F2N3O5. The van der Waals surface area contributed by atoms with E-state index in [0.717, 1.165) is 0 Å². The SMILES string of the molecule is COC(=O)c1n[nH]c2ccc(NC(=O)c3ccc(OC(F)F)c(OC)c3)cc12. The number of hydrogen-bond acceptors (Lipinski definition) is 6. The summed E-state index contributed by atoms with van der Waals surface area (Å²) in [6, 6.07) is 8.65. The Kier molecular flexibility index (Phi) is 5.39. The monoisotopic (exact) mass is 391 g/mol. The minimum Gasteiger partial charge on any atom is -0.493 e. The third kappa shape index (κ3) is 3.85. The highest BCUT2D eigenvalue weighted by Crippen LogP contribution is 2.30. The van der Waals surface area contributed by atoms with Crippen LogP contribution in [0.4, 0.5) is 14.5 Å². The molecule has 0 bridgehead atoms. The molecule has 10 heteroatoms. The van der Waals surface area contributed by atoms with Gasteiger partial charge in [-0.1, -0.05) is 0 Å². The number of methoxy groups -OCH3 is 2. The minimum atomic E-state index is -3.01. The lowest BCUT2D eigenvalue weighted by Gasteiger charge is -2.11. The van der Waals surface area contributed by atoms with Crippen LogP contribution in [0.2, 0.25) is 0 Å². The molecule has 146 valence electrons. The van der Waals surface area contributed by atoms with Gasteiger partial charge in [0.25, 0.3) is 5.91 Å². The zero-order valence-corrected chi connectivity index (χ0v) is 14.8. The van der Waals surface area contributed by atoms with Crippen molar-refractivity contribution < 1.29 is 32.6 Å². The van der Waals surface area contributed by atoms with Crippen LogP contribution in [0, 0.1) is 0 Å². The summed E-state index contributed by atoms with van der Waals surface area (Å²) in [6.45, 7) is -3.01. The Balaban J connectivity index is 1.85. The molecule has 1 heterocycles. The zero-order chi connectivity index (χ0) is 20.3. The number of alkyl halides is 2. The van der Waals surface area contributed by atoms with Crippen molar-refractivity contribution in [1.29, 1.82) is 0 Å². The molecule has 8 nitrogen and oxygen atoms in total. The fraction of sp³-hybridized carbons (Fsp3) is 0.167. The third-order valence-corrected chi connectivity index (χ3v) is 3.84. The maximum absolute atomic E-state index is 12.5. The number of carbonyl (C=O) groups is 2. The van der Waals surface area contributed by atoms with E-state index in [9.17, 15) is 18.4 Å². The van der Waals surface area contributed by atoms with Crippen molar-refractivity contribution in [3.05, 3.63) is 47.7 Å². The van der Waals surface area contributed by atoms with Gasteiger partial charge in [0.05, 0.1) is 19.7 Å². The first-order chi connectivity index (χ1) is 13.4. The fourth-order valence-corrected chi connectivity index (χ4v) is 2.55. The number of benzene rings is 2. The summed E-state index contributed by atoms with van der Waals surface area (Å²) in [4.78, 5) is 24.2. The first-order valence-electron chi connectivity index (χ1n) is 7.93. The van der Waals surface area contributed by atoms with Crippen LogP contribution in [-0.4, -0.2) is 42.9 Å². The van der Waals surface area contributed by atoms with Crippen molar-refractivity contribution in [2.24, 2.45) is 0 Å². The van der Waals surface area contributed by atoms with Crippen molar-refractivity contribution in [2.45, 2.75) is 6.61 Å². The van der Waals surface area contributed by atoms with Crippen molar-refractivity contribution in [3.8, 4) is 11.5 Å². The minimum absolute atomic E-state index is 0.00814. The number of carbonyl (C=O) groups excluding carboxylic acids is 2. The molecule has 0 saturated carbocycles. The van der Waals surface area contributed by atoms with Gasteiger partial charge >= 0.3 is 12.6 Å². The molecule has 28 heavy (non-hydrogen) atoms. The summed E-state index contributed by atoms with van der Waals surface area (Å²) in [6.07, 6.45) is 0. The highest BCUT2D eigenvalue weighted by Gasteiger charge is 2.17. The number of rotatable bonds is 6. The van der Waals surface area contributed by atoms with Gasteiger partial charge in [-0.15, -0.1) is 0 Å². The summed E-state index contributed by atoms with van der Waals surface area (Å²) < 4.78 is 38.8. The normalized spacial score (nSPS) is 10.8. The molecule has 0 aliphatic rings. The molecule has 2 aromatic carbocycles. The molecule has 0 aliphatic carbocycles. The quantitative estimate of drug-likeness (QED) is 0.626. The first kappa shape index (κ1) is 19.1. The standard InChI is InChI=1S/C18H15F2N3O5/c1-26-14-7-9(3-6-13(14)28-18(19)20)16(24)21-10-4-5-12-11(8-10)15(23-22-12)17(25)27-2/h3-8,18H,1-2H3,(H,21,24)(H,22,23). The predicted molar refractivity (Wildman–Crippen MR) is 95.0 cm³/mol. The van der Waals surface area contributed by atoms with Gasteiger partial charge in [-0.25, -0.2) is 4.79 Å². The summed E-state index contributed by atoms with van der Waals surface area (Å²) in [5.74, 6) is -1.32. The number of H-pyrrole nitrogens is 1. The molecule has 0 fully saturated rings. The van der Waals surface area contributed by atoms with Crippen LogP contribution in [0.5, 0.6) is 11.5 Å². The van der Waals surface area contributed by atoms with Crippen molar-refractivity contribution in [3.63, 3.8) is 0 Å². The van der Waals surface area contributed by atoms with Crippen LogP contribution < -0.4 is 14.8 Å². The van der Waals surface area contributed by atoms with Crippen LogP contribution in [0.3, 0.4) is 0 Å². The van der Waals surface area contributed by atoms with Gasteiger partial charge in [-0.3, -0.25) is 9.89 Å². The Morgan fingerprint density at radius 1 is 1.11 bits per heavy atom. The van der Waals surface area contributed by atoms with E-state index >= 15 is 0 Å². The number of aromatic nitrogens is 2. The van der Waals surface area contributed by atoms with Crippen LogP contribution in [0.25, 0.3) is 10.9 Å². The van der Waals surface area contributed by atoms with Gasteiger partial charge in [0.2, 0.25) is 0 Å². The highest BCUT2D eigenvalue weighted by atomic mass is 19.3. The van der Waals surface area contributed by atoms with Crippen LogP contribution in [0.1, 0.15) is 20.8 Å². The predicted octanol–water partition coefficient (Wildman–Crippen LogP) is 3.21. The summed E-state index contributed by atoms with van der Waals surface area (Å²) in [5.41, 5.74) is 1.24. The number of nitrogens with one attached hydrogen (secondary N) is 2. The number of fused-ring (bicyclic) bond motifs is 1. The molecule has 0 saturated heterocycles. The number of hydrogen-bond donors (Lipinski definition) is 2. The van der Waals surface area contributed by atoms with Crippen molar-refractivity contribution in [2.75, 3.05) is 19.5 Å². The number of ether oxygens (including phenoxy) is 3. The third-order valence-electron chi connectivity index (χ3n) is 3.84. The van der Waals surface area contributed by atoms with Gasteiger partial charge < -0.3 is 19.5 Å². The van der Waals surface area contributed by atoms with Gasteiger partial charge in [-0.2, -0.15) is 13.9 Å². The van der Waals surface area contributed by atoms with E-state index < -0.39 is 18.5 Å². The molecule has 3 aromatic rings. The number of halogens is 2. The second-order valence-electron chi connectivity index (χ2n) is 5.52. The number of anilines is 1. The molecule has 1 amide bonds. The van der Waals surface area contributed by atoms with E-state index in [2.05, 4.69) is 25.0 Å². The number of nitrogens with zero attached hydrogens (tertiary/aromatic N) is 1. The lowest BCUT2D eigenvalue weighted by molar-refractivity contribution is -0.0512. The molecule has 3 rings (SSSR count). The second-order valence-corrected chi connectivity index (χ2v) is 5.52.